The van der Waals surface area contributed by atoms with Crippen molar-refractivity contribution < 1.29 is 22.7 Å². The third-order valence-electron chi connectivity index (χ3n) is 4.39. The van der Waals surface area contributed by atoms with Crippen LogP contribution in [0.1, 0.15) is 22.6 Å². The summed E-state index contributed by atoms with van der Waals surface area (Å²) >= 11 is 1.38. The van der Waals surface area contributed by atoms with Crippen LogP contribution in [0.5, 0.6) is 0 Å². The van der Waals surface area contributed by atoms with Crippen LogP contribution >= 0.6 is 11.3 Å². The zero-order chi connectivity index (χ0) is 20.2. The molecule has 2 N–H and O–H groups in total. The minimum Gasteiger partial charge on any atom is -0.466 e. The largest absolute Gasteiger partial charge is 0.466 e. The molecule has 1 atom stereocenters. The Balaban J connectivity index is 1.60. The van der Waals surface area contributed by atoms with E-state index in [1.54, 1.807) is 30.3 Å². The number of nitrogens with one attached hydrogen (secondary N) is 1. The second kappa shape index (κ2) is 8.30. The monoisotopic (exact) mass is 419 g/mol. The highest BCUT2D eigenvalue weighted by Crippen LogP contribution is 2.32. The predicted molar refractivity (Wildman–Crippen MR) is 107 cm³/mol. The van der Waals surface area contributed by atoms with Gasteiger partial charge in [0, 0.05) is 17.6 Å². The van der Waals surface area contributed by atoms with Crippen LogP contribution in [0.2, 0.25) is 0 Å². The van der Waals surface area contributed by atoms with Crippen LogP contribution in [0, 0.1) is 0 Å². The van der Waals surface area contributed by atoms with Gasteiger partial charge >= 0.3 is 0 Å². The van der Waals surface area contributed by atoms with Crippen LogP contribution in [0.3, 0.4) is 0 Å². The second-order valence-electron chi connectivity index (χ2n) is 6.51. The second-order valence-corrected chi connectivity index (χ2v) is 9.47. The van der Waals surface area contributed by atoms with Crippen LogP contribution in [0.15, 0.2) is 69.5 Å². The molecule has 148 valence electrons. The smallest absolute Gasteiger partial charge is 0.220 e. The fraction of sp³-hybridized carbons (Fsp3) is 0.250. The third-order valence-corrected chi connectivity index (χ3v) is 6.54. The Morgan fingerprint density at radius 1 is 1.18 bits per heavy atom. The van der Waals surface area contributed by atoms with Crippen molar-refractivity contribution in [3.63, 3.8) is 0 Å². The molecule has 1 amide bonds. The van der Waals surface area contributed by atoms with Gasteiger partial charge in [-0.05, 0) is 47.7 Å². The van der Waals surface area contributed by atoms with Crippen molar-refractivity contribution in [3.8, 4) is 0 Å². The molecule has 0 radical (unpaired) electrons. The molecule has 1 aromatic carbocycles. The van der Waals surface area contributed by atoms with Gasteiger partial charge in [0.2, 0.25) is 5.91 Å². The van der Waals surface area contributed by atoms with Crippen LogP contribution in [0.25, 0.3) is 0 Å². The first-order chi connectivity index (χ1) is 13.3. The number of aryl methyl sites for hydroxylation is 1. The van der Waals surface area contributed by atoms with Gasteiger partial charge in [-0.25, -0.2) is 8.42 Å². The summed E-state index contributed by atoms with van der Waals surface area (Å²) in [6, 6.07) is 13.5. The van der Waals surface area contributed by atoms with Crippen molar-refractivity contribution in [3.05, 3.63) is 76.4 Å². The van der Waals surface area contributed by atoms with Gasteiger partial charge < -0.3 is 14.8 Å². The highest BCUT2D eigenvalue weighted by molar-refractivity contribution is 7.90. The molecule has 3 aromatic rings. The zero-order valence-corrected chi connectivity index (χ0v) is 16.9. The van der Waals surface area contributed by atoms with Crippen molar-refractivity contribution in [2.75, 3.05) is 12.8 Å². The summed E-state index contributed by atoms with van der Waals surface area (Å²) in [6.45, 7) is -0.00707. The summed E-state index contributed by atoms with van der Waals surface area (Å²) in [4.78, 5) is 13.2. The standard InChI is InChI=1S/C20H21NO5S2/c1-28(24,25)16-9-6-15(7-10-16)8-11-19(22)21-14-20(23,17-4-2-12-26-17)18-5-3-13-27-18/h2-7,9-10,12-13,23H,8,11,14H2,1H3,(H,21,22). The van der Waals surface area contributed by atoms with E-state index < -0.39 is 15.4 Å². The number of hydrogen-bond acceptors (Lipinski definition) is 6. The molecule has 0 fully saturated rings. The van der Waals surface area contributed by atoms with Gasteiger partial charge in [0.05, 0.1) is 17.7 Å². The molecule has 0 aliphatic carbocycles. The number of furan rings is 1. The van der Waals surface area contributed by atoms with E-state index in [0.29, 0.717) is 17.1 Å². The molecule has 0 saturated carbocycles. The number of sulfone groups is 1. The molecule has 0 aliphatic heterocycles. The molecule has 28 heavy (non-hydrogen) atoms. The van der Waals surface area contributed by atoms with Crippen molar-refractivity contribution in [2.24, 2.45) is 0 Å². The molecule has 2 heterocycles. The summed E-state index contributed by atoms with van der Waals surface area (Å²) in [5.74, 6) is 0.153. The lowest BCUT2D eigenvalue weighted by molar-refractivity contribution is -0.122. The highest BCUT2D eigenvalue weighted by Gasteiger charge is 2.36. The lowest BCUT2D eigenvalue weighted by atomic mass is 9.98. The van der Waals surface area contributed by atoms with E-state index in [1.165, 1.54) is 29.7 Å². The van der Waals surface area contributed by atoms with Crippen molar-refractivity contribution in [1.29, 1.82) is 0 Å². The molecule has 2 aromatic heterocycles. The summed E-state index contributed by atoms with van der Waals surface area (Å²) < 4.78 is 28.4. The Morgan fingerprint density at radius 3 is 2.50 bits per heavy atom. The molecule has 3 rings (SSSR count). The molecule has 0 spiro atoms. The average Bonchev–Trinajstić information content (AvgIpc) is 3.38. The molecular weight excluding hydrogens is 398 g/mol. The fourth-order valence-corrected chi connectivity index (χ4v) is 4.26. The van der Waals surface area contributed by atoms with Crippen molar-refractivity contribution in [2.45, 2.75) is 23.3 Å². The molecule has 6 nitrogen and oxygen atoms in total. The average molecular weight is 420 g/mol. The quantitative estimate of drug-likeness (QED) is 0.585. The topological polar surface area (TPSA) is 96.6 Å². The molecule has 0 aliphatic rings. The normalized spacial score (nSPS) is 13.8. The zero-order valence-electron chi connectivity index (χ0n) is 15.3. The Morgan fingerprint density at radius 2 is 1.93 bits per heavy atom. The Labute approximate surface area is 167 Å². The molecule has 0 saturated heterocycles. The summed E-state index contributed by atoms with van der Waals surface area (Å²) in [6.07, 6.45) is 3.32. The van der Waals surface area contributed by atoms with Gasteiger partial charge in [0.25, 0.3) is 0 Å². The number of benzene rings is 1. The van der Waals surface area contributed by atoms with Crippen LogP contribution in [-0.4, -0.2) is 32.2 Å². The lowest BCUT2D eigenvalue weighted by Crippen LogP contribution is -2.41. The third kappa shape index (κ3) is 4.70. The summed E-state index contributed by atoms with van der Waals surface area (Å²) in [5, 5.41) is 15.7. The molecule has 1 unspecified atom stereocenters. The first kappa shape index (κ1) is 20.3. The molecule has 8 heteroatoms. The van der Waals surface area contributed by atoms with Gasteiger partial charge in [-0.3, -0.25) is 4.79 Å². The van der Waals surface area contributed by atoms with Crippen LogP contribution < -0.4 is 5.32 Å². The van der Waals surface area contributed by atoms with E-state index in [2.05, 4.69) is 5.32 Å². The number of carbonyl (C=O) groups excluding carboxylic acids is 1. The maximum Gasteiger partial charge on any atom is 0.220 e. The van der Waals surface area contributed by atoms with E-state index in [1.807, 2.05) is 11.4 Å². The summed E-state index contributed by atoms with van der Waals surface area (Å²) in [7, 11) is -3.23. The van der Waals surface area contributed by atoms with E-state index in [9.17, 15) is 18.3 Å². The minimum atomic E-state index is -3.23. The minimum absolute atomic E-state index is 0.00707. The van der Waals surface area contributed by atoms with E-state index in [4.69, 9.17) is 4.42 Å². The number of carbonyl (C=O) groups is 1. The van der Waals surface area contributed by atoms with Gasteiger partial charge in [-0.2, -0.15) is 0 Å². The Bertz CT molecular complexity index is 973. The maximum atomic E-state index is 12.3. The fourth-order valence-electron chi connectivity index (χ4n) is 2.80. The summed E-state index contributed by atoms with van der Waals surface area (Å²) in [5.41, 5.74) is -0.563. The number of aliphatic hydroxyl groups is 1. The Kier molecular flexibility index (Phi) is 6.02. The van der Waals surface area contributed by atoms with E-state index >= 15 is 0 Å². The Hall–Kier alpha value is -2.42. The molecule has 0 bridgehead atoms. The van der Waals surface area contributed by atoms with Gasteiger partial charge in [-0.1, -0.05) is 18.2 Å². The number of rotatable bonds is 8. The number of amides is 1. The lowest BCUT2D eigenvalue weighted by Gasteiger charge is -2.25. The first-order valence-corrected chi connectivity index (χ1v) is 11.4. The highest BCUT2D eigenvalue weighted by atomic mass is 32.2. The first-order valence-electron chi connectivity index (χ1n) is 8.65. The van der Waals surface area contributed by atoms with E-state index in [-0.39, 0.29) is 23.8 Å². The number of thiophene rings is 1. The van der Waals surface area contributed by atoms with Crippen molar-refractivity contribution in [1.82, 2.24) is 5.32 Å². The predicted octanol–water partition coefficient (Wildman–Crippen LogP) is 2.73. The van der Waals surface area contributed by atoms with Crippen molar-refractivity contribution >= 4 is 27.1 Å². The van der Waals surface area contributed by atoms with Gasteiger partial charge in [0.15, 0.2) is 15.4 Å². The van der Waals surface area contributed by atoms with Crippen LogP contribution in [-0.2, 0) is 26.7 Å². The number of hydrogen-bond donors (Lipinski definition) is 2. The maximum absolute atomic E-state index is 12.3. The van der Waals surface area contributed by atoms with Crippen LogP contribution in [0.4, 0.5) is 0 Å². The molecular formula is C20H21NO5S2. The SMILES string of the molecule is CS(=O)(=O)c1ccc(CCC(=O)NCC(O)(c2ccco2)c2cccs2)cc1. The van der Waals surface area contributed by atoms with Gasteiger partial charge in [-0.15, -0.1) is 11.3 Å². The van der Waals surface area contributed by atoms with Gasteiger partial charge in [0.1, 0.15) is 5.76 Å². The van der Waals surface area contributed by atoms with E-state index in [0.717, 1.165) is 11.8 Å².